The Labute approximate surface area is 92.8 Å². The van der Waals surface area contributed by atoms with E-state index in [1.807, 2.05) is 6.07 Å². The van der Waals surface area contributed by atoms with Crippen molar-refractivity contribution in [1.29, 1.82) is 5.26 Å². The second kappa shape index (κ2) is 5.08. The molecule has 0 radical (unpaired) electrons. The lowest BCUT2D eigenvalue weighted by Gasteiger charge is -2.09. The zero-order chi connectivity index (χ0) is 12.1. The van der Waals surface area contributed by atoms with E-state index < -0.39 is 12.1 Å². The molecule has 0 saturated heterocycles. The molecule has 4 heteroatoms. The van der Waals surface area contributed by atoms with Gasteiger partial charge in [-0.2, -0.15) is 5.26 Å². The predicted molar refractivity (Wildman–Crippen MR) is 56.2 cm³/mol. The van der Waals surface area contributed by atoms with Crippen LogP contribution in [-0.4, -0.2) is 13.1 Å². The fourth-order valence-corrected chi connectivity index (χ4v) is 1.16. The number of rotatable bonds is 3. The van der Waals surface area contributed by atoms with Gasteiger partial charge in [-0.15, -0.1) is 0 Å². The van der Waals surface area contributed by atoms with Gasteiger partial charge < -0.3 is 4.74 Å². The molecule has 0 spiro atoms. The van der Waals surface area contributed by atoms with Crippen LogP contribution in [0.2, 0.25) is 0 Å². The summed E-state index contributed by atoms with van der Waals surface area (Å²) in [6.45, 7) is 3.33. The molecular weight excluding hydrogens is 209 g/mol. The van der Waals surface area contributed by atoms with Gasteiger partial charge in [-0.1, -0.05) is 18.7 Å². The summed E-state index contributed by atoms with van der Waals surface area (Å²) in [6, 6.07) is 7.76. The molecule has 1 rings (SSSR count). The first kappa shape index (κ1) is 11.9. The highest BCUT2D eigenvalue weighted by Gasteiger charge is 2.20. The highest BCUT2D eigenvalue weighted by Crippen LogP contribution is 2.25. The van der Waals surface area contributed by atoms with Crippen molar-refractivity contribution in [1.82, 2.24) is 0 Å². The van der Waals surface area contributed by atoms with Crippen molar-refractivity contribution < 1.29 is 13.9 Å². The fourth-order valence-electron chi connectivity index (χ4n) is 1.16. The second-order valence-electron chi connectivity index (χ2n) is 3.11. The molecule has 0 N–H and O–H groups in total. The molecular formula is C12H10FNO2. The Bertz CT molecular complexity index is 445. The van der Waals surface area contributed by atoms with Crippen LogP contribution in [0.25, 0.3) is 0 Å². The molecule has 16 heavy (non-hydrogen) atoms. The third kappa shape index (κ3) is 2.45. The van der Waals surface area contributed by atoms with E-state index in [-0.39, 0.29) is 11.1 Å². The van der Waals surface area contributed by atoms with E-state index in [2.05, 4.69) is 11.3 Å². The van der Waals surface area contributed by atoms with E-state index in [1.54, 1.807) is 0 Å². The smallest absolute Gasteiger partial charge is 0.336 e. The Kier molecular flexibility index (Phi) is 3.78. The molecule has 0 amide bonds. The number of nitrogens with zero attached hydrogens (tertiary/aromatic N) is 1. The summed E-state index contributed by atoms with van der Waals surface area (Å²) in [5.41, 5.74) is 0.446. The summed E-state index contributed by atoms with van der Waals surface area (Å²) >= 11 is 0. The third-order valence-corrected chi connectivity index (χ3v) is 2.09. The van der Waals surface area contributed by atoms with Gasteiger partial charge in [-0.3, -0.25) is 0 Å². The number of hydrogen-bond acceptors (Lipinski definition) is 3. The lowest BCUT2D eigenvalue weighted by atomic mass is 10.0. The van der Waals surface area contributed by atoms with Crippen molar-refractivity contribution in [3.05, 3.63) is 47.5 Å². The van der Waals surface area contributed by atoms with E-state index >= 15 is 0 Å². The van der Waals surface area contributed by atoms with Crippen LogP contribution in [0.3, 0.4) is 0 Å². The number of halogens is 1. The minimum absolute atomic E-state index is 0.257. The first-order chi connectivity index (χ1) is 7.60. The molecule has 0 bridgehead atoms. The third-order valence-electron chi connectivity index (χ3n) is 2.09. The van der Waals surface area contributed by atoms with Gasteiger partial charge >= 0.3 is 5.97 Å². The molecule has 1 atom stereocenters. The second-order valence-corrected chi connectivity index (χ2v) is 3.11. The Morgan fingerprint density at radius 2 is 2.06 bits per heavy atom. The minimum Gasteiger partial charge on any atom is -0.466 e. The van der Waals surface area contributed by atoms with Crippen LogP contribution in [0.15, 0.2) is 36.4 Å². The monoisotopic (exact) mass is 219 g/mol. The number of ether oxygens (including phenoxy) is 1. The lowest BCUT2D eigenvalue weighted by molar-refractivity contribution is -0.136. The van der Waals surface area contributed by atoms with E-state index in [9.17, 15) is 9.18 Å². The molecule has 0 heterocycles. The first-order valence-corrected chi connectivity index (χ1v) is 4.51. The van der Waals surface area contributed by atoms with Crippen LogP contribution in [0.1, 0.15) is 17.3 Å². The highest BCUT2D eigenvalue weighted by atomic mass is 19.1. The van der Waals surface area contributed by atoms with Gasteiger partial charge in [0.15, 0.2) is 6.17 Å². The average Bonchev–Trinajstić information content (AvgIpc) is 2.36. The summed E-state index contributed by atoms with van der Waals surface area (Å²) in [6.07, 6.45) is -1.61. The zero-order valence-electron chi connectivity index (χ0n) is 8.74. The molecule has 1 aromatic carbocycles. The van der Waals surface area contributed by atoms with Gasteiger partial charge in [0.05, 0.1) is 24.3 Å². The standard InChI is InChI=1S/C12H10FNO2/c1-8(12(15)16-2)11(13)10-5-3-9(7-14)4-6-10/h3-6,11H,1H2,2H3. The molecule has 0 aliphatic carbocycles. The number of hydrogen-bond donors (Lipinski definition) is 0. The molecule has 82 valence electrons. The zero-order valence-corrected chi connectivity index (χ0v) is 8.74. The topological polar surface area (TPSA) is 50.1 Å². The number of methoxy groups -OCH3 is 1. The summed E-state index contributed by atoms with van der Waals surface area (Å²) < 4.78 is 18.1. The molecule has 0 aliphatic heterocycles. The Morgan fingerprint density at radius 3 is 2.50 bits per heavy atom. The summed E-state index contributed by atoms with van der Waals surface area (Å²) in [5.74, 6) is -0.781. The number of nitriles is 1. The van der Waals surface area contributed by atoms with Gasteiger partial charge in [0.25, 0.3) is 0 Å². The maximum Gasteiger partial charge on any atom is 0.336 e. The highest BCUT2D eigenvalue weighted by molar-refractivity contribution is 5.89. The summed E-state index contributed by atoms with van der Waals surface area (Å²) in [4.78, 5) is 11.0. The Hall–Kier alpha value is -2.15. The summed E-state index contributed by atoms with van der Waals surface area (Å²) in [7, 11) is 1.17. The van der Waals surface area contributed by atoms with E-state index in [4.69, 9.17) is 5.26 Å². The SMILES string of the molecule is C=C(C(=O)OC)C(F)c1ccc(C#N)cc1. The molecule has 1 aromatic rings. The van der Waals surface area contributed by atoms with Crippen molar-refractivity contribution in [3.8, 4) is 6.07 Å². The van der Waals surface area contributed by atoms with Crippen molar-refractivity contribution in [3.63, 3.8) is 0 Å². The normalized spacial score (nSPS) is 11.3. The summed E-state index contributed by atoms with van der Waals surface area (Å²) in [5, 5.41) is 8.57. The minimum atomic E-state index is -1.61. The number of carbonyl (C=O) groups excluding carboxylic acids is 1. The van der Waals surface area contributed by atoms with Crippen LogP contribution in [0.5, 0.6) is 0 Å². The van der Waals surface area contributed by atoms with E-state index in [0.717, 1.165) is 0 Å². The van der Waals surface area contributed by atoms with Gasteiger partial charge in [0, 0.05) is 0 Å². The van der Waals surface area contributed by atoms with Crippen molar-refractivity contribution in [2.75, 3.05) is 7.11 Å². The van der Waals surface area contributed by atoms with Crippen molar-refractivity contribution >= 4 is 5.97 Å². The number of esters is 1. The van der Waals surface area contributed by atoms with Crippen LogP contribution in [0, 0.1) is 11.3 Å². The molecule has 0 fully saturated rings. The Balaban J connectivity index is 2.89. The lowest BCUT2D eigenvalue weighted by Crippen LogP contribution is -2.09. The maximum absolute atomic E-state index is 13.7. The van der Waals surface area contributed by atoms with Gasteiger partial charge in [0.1, 0.15) is 0 Å². The van der Waals surface area contributed by atoms with Gasteiger partial charge in [-0.05, 0) is 17.7 Å². The molecule has 3 nitrogen and oxygen atoms in total. The number of carbonyl (C=O) groups is 1. The van der Waals surface area contributed by atoms with Crippen LogP contribution >= 0.6 is 0 Å². The van der Waals surface area contributed by atoms with Crippen LogP contribution in [-0.2, 0) is 9.53 Å². The first-order valence-electron chi connectivity index (χ1n) is 4.51. The van der Waals surface area contributed by atoms with Gasteiger partial charge in [0.2, 0.25) is 0 Å². The average molecular weight is 219 g/mol. The van der Waals surface area contributed by atoms with E-state index in [0.29, 0.717) is 5.56 Å². The number of alkyl halides is 1. The molecule has 1 unspecified atom stereocenters. The fraction of sp³-hybridized carbons (Fsp3) is 0.167. The van der Waals surface area contributed by atoms with Crippen LogP contribution in [0.4, 0.5) is 4.39 Å². The van der Waals surface area contributed by atoms with Crippen molar-refractivity contribution in [2.45, 2.75) is 6.17 Å². The molecule has 0 aromatic heterocycles. The predicted octanol–water partition coefficient (Wildman–Crippen LogP) is 2.30. The quantitative estimate of drug-likeness (QED) is 0.579. The van der Waals surface area contributed by atoms with Crippen molar-refractivity contribution in [2.24, 2.45) is 0 Å². The Morgan fingerprint density at radius 1 is 1.50 bits per heavy atom. The van der Waals surface area contributed by atoms with Crippen LogP contribution < -0.4 is 0 Å². The number of benzene rings is 1. The maximum atomic E-state index is 13.7. The largest absolute Gasteiger partial charge is 0.466 e. The van der Waals surface area contributed by atoms with E-state index in [1.165, 1.54) is 31.4 Å². The van der Waals surface area contributed by atoms with Gasteiger partial charge in [-0.25, -0.2) is 9.18 Å². The molecule has 0 aliphatic rings. The molecule has 0 saturated carbocycles.